The number of nitrogens with one attached hydrogen (secondary N) is 1. The normalized spacial score (nSPS) is 18.7. The van der Waals surface area contributed by atoms with E-state index >= 15 is 0 Å². The fourth-order valence-corrected chi connectivity index (χ4v) is 2.86. The average Bonchev–Trinajstić information content (AvgIpc) is 2.85. The summed E-state index contributed by atoms with van der Waals surface area (Å²) in [5.74, 6) is -0.0811. The van der Waals surface area contributed by atoms with Crippen molar-refractivity contribution < 1.29 is 14.3 Å². The Labute approximate surface area is 139 Å². The third kappa shape index (κ3) is 3.38. The Morgan fingerprint density at radius 1 is 1.42 bits per heavy atom. The van der Waals surface area contributed by atoms with Gasteiger partial charge in [-0.15, -0.1) is 10.2 Å². The van der Waals surface area contributed by atoms with Crippen LogP contribution in [0.1, 0.15) is 24.8 Å². The highest BCUT2D eigenvalue weighted by molar-refractivity contribution is 5.94. The van der Waals surface area contributed by atoms with Crippen LogP contribution in [0.2, 0.25) is 0 Å². The van der Waals surface area contributed by atoms with Crippen molar-refractivity contribution in [3.8, 4) is 0 Å². The number of rotatable bonds is 4. The zero-order chi connectivity index (χ0) is 17.1. The zero-order valence-electron chi connectivity index (χ0n) is 13.9. The molecule has 1 aliphatic rings. The van der Waals surface area contributed by atoms with E-state index in [1.165, 1.54) is 7.11 Å². The second-order valence-electron chi connectivity index (χ2n) is 5.98. The summed E-state index contributed by atoms with van der Waals surface area (Å²) in [6.45, 7) is 2.51. The highest BCUT2D eigenvalue weighted by Gasteiger charge is 2.28. The first-order valence-corrected chi connectivity index (χ1v) is 8.01. The van der Waals surface area contributed by atoms with E-state index in [4.69, 9.17) is 4.74 Å². The molecule has 8 heteroatoms. The van der Waals surface area contributed by atoms with Crippen LogP contribution in [0, 0.1) is 6.92 Å². The van der Waals surface area contributed by atoms with Crippen LogP contribution >= 0.6 is 0 Å². The first-order chi connectivity index (χ1) is 11.6. The fourth-order valence-electron chi connectivity index (χ4n) is 2.86. The number of methoxy groups -OCH3 is 1. The summed E-state index contributed by atoms with van der Waals surface area (Å²) in [6.07, 6.45) is 3.82. The van der Waals surface area contributed by atoms with E-state index in [0.29, 0.717) is 24.6 Å². The number of carbonyl (C=O) groups is 2. The van der Waals surface area contributed by atoms with Gasteiger partial charge in [0.25, 0.3) is 5.91 Å². The molecule has 1 saturated heterocycles. The molecule has 2 aromatic rings. The Morgan fingerprint density at radius 2 is 2.25 bits per heavy atom. The monoisotopic (exact) mass is 331 g/mol. The summed E-state index contributed by atoms with van der Waals surface area (Å²) in [5, 5.41) is 10.7. The van der Waals surface area contributed by atoms with E-state index in [0.717, 1.165) is 18.4 Å². The van der Waals surface area contributed by atoms with Crippen LogP contribution in [0.4, 0.5) is 5.95 Å². The number of fused-ring (bicyclic) bond motifs is 1. The van der Waals surface area contributed by atoms with Gasteiger partial charge in [-0.25, -0.2) is 0 Å². The lowest BCUT2D eigenvalue weighted by molar-refractivity contribution is -0.143. The van der Waals surface area contributed by atoms with Gasteiger partial charge in [0.1, 0.15) is 12.6 Å². The number of likely N-dealkylation sites (tertiary alicyclic amines) is 1. The minimum absolute atomic E-state index is 0.0144. The maximum Gasteiger partial charge on any atom is 0.252 e. The summed E-state index contributed by atoms with van der Waals surface area (Å²) in [4.78, 5) is 26.2. The number of aromatic nitrogens is 3. The number of nitrogens with zero attached hydrogens (tertiary/aromatic N) is 4. The van der Waals surface area contributed by atoms with Gasteiger partial charge in [-0.3, -0.25) is 19.3 Å². The minimum Gasteiger partial charge on any atom is -0.372 e. The van der Waals surface area contributed by atoms with Gasteiger partial charge in [0.05, 0.1) is 0 Å². The number of hydrogen-bond donors (Lipinski definition) is 1. The lowest BCUT2D eigenvalue weighted by Crippen LogP contribution is -2.43. The lowest BCUT2D eigenvalue weighted by atomic mass is 10.2. The largest absolute Gasteiger partial charge is 0.372 e. The van der Waals surface area contributed by atoms with Crippen molar-refractivity contribution >= 4 is 23.4 Å². The van der Waals surface area contributed by atoms with E-state index in [-0.39, 0.29) is 18.4 Å². The second-order valence-corrected chi connectivity index (χ2v) is 5.98. The molecule has 1 fully saturated rings. The number of aryl methyl sites for hydroxylation is 1. The lowest BCUT2D eigenvalue weighted by Gasteiger charge is -2.22. The molecule has 2 aromatic heterocycles. The third-order valence-corrected chi connectivity index (χ3v) is 4.17. The van der Waals surface area contributed by atoms with Crippen LogP contribution in [0.25, 0.3) is 5.65 Å². The van der Waals surface area contributed by atoms with E-state index in [9.17, 15) is 9.59 Å². The van der Waals surface area contributed by atoms with Gasteiger partial charge in [0.15, 0.2) is 5.65 Å². The molecule has 1 unspecified atom stereocenters. The molecule has 128 valence electrons. The van der Waals surface area contributed by atoms with Gasteiger partial charge in [0, 0.05) is 19.9 Å². The molecule has 0 radical (unpaired) electrons. The van der Waals surface area contributed by atoms with Gasteiger partial charge in [-0.05, 0) is 43.9 Å². The van der Waals surface area contributed by atoms with Gasteiger partial charge >= 0.3 is 0 Å². The summed E-state index contributed by atoms with van der Waals surface area (Å²) in [6, 6.07) is 3.79. The van der Waals surface area contributed by atoms with Crippen LogP contribution < -0.4 is 5.32 Å². The Balaban J connectivity index is 1.69. The predicted octanol–water partition coefficient (Wildman–Crippen LogP) is 1.00. The number of amides is 2. The van der Waals surface area contributed by atoms with Crippen molar-refractivity contribution in [2.75, 3.05) is 25.5 Å². The second kappa shape index (κ2) is 6.96. The predicted molar refractivity (Wildman–Crippen MR) is 87.6 cm³/mol. The van der Waals surface area contributed by atoms with Gasteiger partial charge in [0.2, 0.25) is 11.9 Å². The van der Waals surface area contributed by atoms with Crippen LogP contribution in [0.5, 0.6) is 0 Å². The topological polar surface area (TPSA) is 88.8 Å². The molecule has 8 nitrogen and oxygen atoms in total. The molecule has 0 saturated carbocycles. The molecule has 1 aliphatic heterocycles. The van der Waals surface area contributed by atoms with Crippen LogP contribution in [0.15, 0.2) is 18.3 Å². The molecular weight excluding hydrogens is 310 g/mol. The Kier molecular flexibility index (Phi) is 4.75. The number of ether oxygens (including phenoxy) is 1. The van der Waals surface area contributed by atoms with Crippen molar-refractivity contribution in [3.05, 3.63) is 23.9 Å². The van der Waals surface area contributed by atoms with Crippen LogP contribution in [-0.4, -0.2) is 57.6 Å². The number of carbonyl (C=O) groups excluding carboxylic acids is 2. The number of anilines is 1. The molecule has 1 N–H and O–H groups in total. The van der Waals surface area contributed by atoms with E-state index in [2.05, 4.69) is 15.5 Å². The molecule has 3 heterocycles. The molecule has 1 atom stereocenters. The van der Waals surface area contributed by atoms with Gasteiger partial charge < -0.3 is 9.64 Å². The smallest absolute Gasteiger partial charge is 0.252 e. The van der Waals surface area contributed by atoms with E-state index in [1.807, 2.05) is 19.1 Å². The molecule has 0 aliphatic carbocycles. The quantitative estimate of drug-likeness (QED) is 0.903. The maximum atomic E-state index is 12.4. The standard InChI is InChI=1S/C16H21N5O3/c1-11-6-8-21-13(9-11)18-19-16(21)17-14(22)10-20-7-4-3-5-12(24-2)15(20)23/h6,8-9,12H,3-5,7,10H2,1-2H3,(H,17,19,22). The Hall–Kier alpha value is -2.48. The minimum atomic E-state index is -0.461. The summed E-state index contributed by atoms with van der Waals surface area (Å²) in [5.41, 5.74) is 1.73. The summed E-state index contributed by atoms with van der Waals surface area (Å²) < 4.78 is 6.92. The van der Waals surface area contributed by atoms with E-state index < -0.39 is 6.10 Å². The highest BCUT2D eigenvalue weighted by Crippen LogP contribution is 2.15. The highest BCUT2D eigenvalue weighted by atomic mass is 16.5. The van der Waals surface area contributed by atoms with Crippen molar-refractivity contribution in [2.45, 2.75) is 32.3 Å². The van der Waals surface area contributed by atoms with Gasteiger partial charge in [-0.2, -0.15) is 0 Å². The first-order valence-electron chi connectivity index (χ1n) is 8.01. The fraction of sp³-hybridized carbons (Fsp3) is 0.500. The van der Waals surface area contributed by atoms with Crippen molar-refractivity contribution in [2.24, 2.45) is 0 Å². The van der Waals surface area contributed by atoms with Crippen molar-refractivity contribution in [1.29, 1.82) is 0 Å². The molecular formula is C16H21N5O3. The number of pyridine rings is 1. The van der Waals surface area contributed by atoms with Crippen molar-refractivity contribution in [1.82, 2.24) is 19.5 Å². The van der Waals surface area contributed by atoms with E-state index in [1.54, 1.807) is 15.5 Å². The average molecular weight is 331 g/mol. The molecule has 0 spiro atoms. The molecule has 0 aromatic carbocycles. The summed E-state index contributed by atoms with van der Waals surface area (Å²) >= 11 is 0. The Bertz CT molecular complexity index is 757. The molecule has 0 bridgehead atoms. The molecule has 2 amide bonds. The molecule has 3 rings (SSSR count). The van der Waals surface area contributed by atoms with Crippen molar-refractivity contribution in [3.63, 3.8) is 0 Å². The maximum absolute atomic E-state index is 12.4. The Morgan fingerprint density at radius 3 is 3.04 bits per heavy atom. The summed E-state index contributed by atoms with van der Waals surface area (Å²) in [7, 11) is 1.52. The number of hydrogen-bond acceptors (Lipinski definition) is 5. The SMILES string of the molecule is COC1CCCCN(CC(=O)Nc2nnc3cc(C)ccn23)C1=O. The van der Waals surface area contributed by atoms with Gasteiger partial charge in [-0.1, -0.05) is 0 Å². The third-order valence-electron chi connectivity index (χ3n) is 4.17. The van der Waals surface area contributed by atoms with Crippen LogP contribution in [0.3, 0.4) is 0 Å². The van der Waals surface area contributed by atoms with Crippen LogP contribution in [-0.2, 0) is 14.3 Å². The first kappa shape index (κ1) is 16.4. The molecule has 24 heavy (non-hydrogen) atoms. The zero-order valence-corrected chi connectivity index (χ0v) is 13.9.